The Labute approximate surface area is 190 Å². The number of hydrogen-bond acceptors (Lipinski definition) is 4. The first-order chi connectivity index (χ1) is 15.4. The van der Waals surface area contributed by atoms with Crippen LogP contribution in [-0.4, -0.2) is 47.3 Å². The molecule has 2 aromatic carbocycles. The highest BCUT2D eigenvalue weighted by atomic mass is 16.2. The van der Waals surface area contributed by atoms with Crippen molar-refractivity contribution >= 4 is 17.5 Å². The Morgan fingerprint density at radius 3 is 2.19 bits per heavy atom. The Balaban J connectivity index is 1.33. The van der Waals surface area contributed by atoms with Gasteiger partial charge in [0.05, 0.1) is 5.69 Å². The Morgan fingerprint density at radius 1 is 0.875 bits per heavy atom. The van der Waals surface area contributed by atoms with Crippen LogP contribution in [0.5, 0.6) is 0 Å². The minimum Gasteiger partial charge on any atom is -0.352 e. The van der Waals surface area contributed by atoms with E-state index in [4.69, 9.17) is 0 Å². The number of aromatic nitrogens is 2. The lowest BCUT2D eigenvalue weighted by Gasteiger charge is -2.35. The molecule has 3 aromatic rings. The van der Waals surface area contributed by atoms with E-state index in [-0.39, 0.29) is 6.03 Å². The van der Waals surface area contributed by atoms with E-state index < -0.39 is 0 Å². The van der Waals surface area contributed by atoms with Crippen molar-refractivity contribution in [2.75, 3.05) is 36.4 Å². The van der Waals surface area contributed by atoms with Gasteiger partial charge in [0.25, 0.3) is 0 Å². The van der Waals surface area contributed by atoms with Crippen LogP contribution in [0.25, 0.3) is 11.3 Å². The molecule has 166 valence electrons. The molecule has 1 N–H and O–H groups in total. The zero-order chi connectivity index (χ0) is 22.7. The van der Waals surface area contributed by atoms with E-state index in [2.05, 4.69) is 78.4 Å². The number of urea groups is 1. The van der Waals surface area contributed by atoms with Gasteiger partial charge in [-0.2, -0.15) is 0 Å². The van der Waals surface area contributed by atoms with Crippen molar-refractivity contribution < 1.29 is 4.79 Å². The lowest BCUT2D eigenvalue weighted by atomic mass is 10.0. The third-order valence-corrected chi connectivity index (χ3v) is 6.17. The zero-order valence-electron chi connectivity index (χ0n) is 19.3. The minimum absolute atomic E-state index is 0.0573. The summed E-state index contributed by atoms with van der Waals surface area (Å²) in [4.78, 5) is 16.7. The van der Waals surface area contributed by atoms with Gasteiger partial charge < -0.3 is 15.1 Å². The predicted octanol–water partition coefficient (Wildman–Crippen LogP) is 5.24. The molecule has 32 heavy (non-hydrogen) atoms. The topological polar surface area (TPSA) is 61.4 Å². The van der Waals surface area contributed by atoms with Crippen LogP contribution in [0.4, 0.5) is 16.3 Å². The average Bonchev–Trinajstić information content (AvgIpc) is 2.81. The molecule has 0 spiro atoms. The normalized spacial score (nSPS) is 14.0. The fraction of sp³-hybridized carbons (Fsp3) is 0.346. The standard InChI is InChI=1S/C26H31N5O/c1-18(2)21-7-9-23(10-8-21)27-26(32)31-15-13-30(14-16-31)25-12-11-24(28-29-25)22-6-5-19(3)20(4)17-22/h5-12,17-18H,13-16H2,1-4H3,(H,27,32). The van der Waals surface area contributed by atoms with E-state index in [1.807, 2.05) is 29.2 Å². The van der Waals surface area contributed by atoms with Gasteiger partial charge in [-0.25, -0.2) is 4.79 Å². The summed E-state index contributed by atoms with van der Waals surface area (Å²) in [5.41, 5.74) is 6.57. The van der Waals surface area contributed by atoms with Crippen molar-refractivity contribution in [2.24, 2.45) is 0 Å². The molecule has 1 aliphatic rings. The number of aryl methyl sites for hydroxylation is 2. The lowest BCUT2D eigenvalue weighted by Crippen LogP contribution is -2.50. The van der Waals surface area contributed by atoms with Crippen molar-refractivity contribution in [1.29, 1.82) is 0 Å². The number of anilines is 2. The van der Waals surface area contributed by atoms with Gasteiger partial charge in [-0.15, -0.1) is 10.2 Å². The Morgan fingerprint density at radius 2 is 1.59 bits per heavy atom. The summed E-state index contributed by atoms with van der Waals surface area (Å²) in [5.74, 6) is 1.33. The van der Waals surface area contributed by atoms with Crippen LogP contribution >= 0.6 is 0 Å². The summed E-state index contributed by atoms with van der Waals surface area (Å²) in [5, 5.41) is 11.9. The molecule has 0 unspecified atom stereocenters. The summed E-state index contributed by atoms with van der Waals surface area (Å²) in [7, 11) is 0. The fourth-order valence-corrected chi connectivity index (χ4v) is 3.84. The molecule has 6 heteroatoms. The average molecular weight is 430 g/mol. The van der Waals surface area contributed by atoms with Crippen LogP contribution in [0.2, 0.25) is 0 Å². The monoisotopic (exact) mass is 429 g/mol. The first kappa shape index (κ1) is 21.8. The van der Waals surface area contributed by atoms with Crippen molar-refractivity contribution in [1.82, 2.24) is 15.1 Å². The highest BCUT2D eigenvalue weighted by Gasteiger charge is 2.22. The molecule has 2 heterocycles. The third-order valence-electron chi connectivity index (χ3n) is 6.17. The van der Waals surface area contributed by atoms with E-state index in [1.54, 1.807) is 0 Å². The SMILES string of the molecule is Cc1ccc(-c2ccc(N3CCN(C(=O)Nc4ccc(C(C)C)cc4)CC3)nn2)cc1C. The van der Waals surface area contributed by atoms with Crippen LogP contribution in [-0.2, 0) is 0 Å². The van der Waals surface area contributed by atoms with E-state index in [0.717, 1.165) is 35.9 Å². The second kappa shape index (κ2) is 9.39. The number of carbonyl (C=O) groups excluding carboxylic acids is 1. The second-order valence-corrected chi connectivity index (χ2v) is 8.76. The van der Waals surface area contributed by atoms with Crippen LogP contribution in [0.3, 0.4) is 0 Å². The quantitative estimate of drug-likeness (QED) is 0.616. The van der Waals surface area contributed by atoms with E-state index >= 15 is 0 Å². The van der Waals surface area contributed by atoms with Gasteiger partial charge in [0.1, 0.15) is 0 Å². The maximum absolute atomic E-state index is 12.7. The molecule has 4 rings (SSSR count). The molecule has 6 nitrogen and oxygen atoms in total. The summed E-state index contributed by atoms with van der Waals surface area (Å²) < 4.78 is 0. The molecule has 2 amide bonds. The molecule has 1 fully saturated rings. The van der Waals surface area contributed by atoms with Gasteiger partial charge >= 0.3 is 6.03 Å². The summed E-state index contributed by atoms with van der Waals surface area (Å²) in [6, 6.07) is 18.4. The molecule has 0 atom stereocenters. The van der Waals surface area contributed by atoms with Crippen molar-refractivity contribution in [3.63, 3.8) is 0 Å². The first-order valence-electron chi connectivity index (χ1n) is 11.2. The number of piperazine rings is 1. The maximum atomic E-state index is 12.7. The molecular weight excluding hydrogens is 398 g/mol. The Hall–Kier alpha value is -3.41. The predicted molar refractivity (Wildman–Crippen MR) is 130 cm³/mol. The summed E-state index contributed by atoms with van der Waals surface area (Å²) >= 11 is 0. The third kappa shape index (κ3) is 4.90. The summed E-state index contributed by atoms with van der Waals surface area (Å²) in [6.45, 7) is 11.3. The number of benzene rings is 2. The first-order valence-corrected chi connectivity index (χ1v) is 11.2. The van der Waals surface area contributed by atoms with Crippen LogP contribution in [0.15, 0.2) is 54.6 Å². The van der Waals surface area contributed by atoms with Crippen molar-refractivity contribution in [2.45, 2.75) is 33.6 Å². The van der Waals surface area contributed by atoms with Gasteiger partial charge in [0, 0.05) is 37.4 Å². The van der Waals surface area contributed by atoms with Gasteiger partial charge in [-0.3, -0.25) is 0 Å². The molecule has 0 saturated carbocycles. The number of rotatable bonds is 4. The molecule has 1 aliphatic heterocycles. The molecular formula is C26H31N5O. The Bertz CT molecular complexity index is 1070. The Kier molecular flexibility index (Phi) is 6.40. The van der Waals surface area contributed by atoms with Crippen LogP contribution in [0, 0.1) is 13.8 Å². The zero-order valence-corrected chi connectivity index (χ0v) is 19.3. The number of hydrogen-bond donors (Lipinski definition) is 1. The van der Waals surface area contributed by atoms with Crippen molar-refractivity contribution in [3.05, 3.63) is 71.3 Å². The van der Waals surface area contributed by atoms with E-state index in [9.17, 15) is 4.79 Å². The van der Waals surface area contributed by atoms with E-state index in [1.165, 1.54) is 16.7 Å². The van der Waals surface area contributed by atoms with Crippen LogP contribution < -0.4 is 10.2 Å². The van der Waals surface area contributed by atoms with Crippen LogP contribution in [0.1, 0.15) is 36.5 Å². The maximum Gasteiger partial charge on any atom is 0.321 e. The highest BCUT2D eigenvalue weighted by molar-refractivity contribution is 5.89. The molecule has 0 bridgehead atoms. The molecule has 1 aromatic heterocycles. The van der Waals surface area contributed by atoms with Gasteiger partial charge in [-0.1, -0.05) is 38.1 Å². The largest absolute Gasteiger partial charge is 0.352 e. The number of amides is 2. The molecule has 0 radical (unpaired) electrons. The smallest absolute Gasteiger partial charge is 0.321 e. The van der Waals surface area contributed by atoms with Gasteiger partial charge in [0.15, 0.2) is 5.82 Å². The lowest BCUT2D eigenvalue weighted by molar-refractivity contribution is 0.208. The number of nitrogens with zero attached hydrogens (tertiary/aromatic N) is 4. The number of carbonyl (C=O) groups is 1. The summed E-state index contributed by atoms with van der Waals surface area (Å²) in [6.07, 6.45) is 0. The van der Waals surface area contributed by atoms with Gasteiger partial charge in [-0.05, 0) is 66.8 Å². The minimum atomic E-state index is -0.0573. The van der Waals surface area contributed by atoms with E-state index in [0.29, 0.717) is 19.0 Å². The van der Waals surface area contributed by atoms with Crippen molar-refractivity contribution in [3.8, 4) is 11.3 Å². The number of nitrogens with one attached hydrogen (secondary N) is 1. The highest BCUT2D eigenvalue weighted by Crippen LogP contribution is 2.22. The molecule has 1 saturated heterocycles. The second-order valence-electron chi connectivity index (χ2n) is 8.76. The van der Waals surface area contributed by atoms with Gasteiger partial charge in [0.2, 0.25) is 0 Å². The molecule has 0 aliphatic carbocycles. The fourth-order valence-electron chi connectivity index (χ4n) is 3.84.